The molecule has 0 saturated carbocycles. The summed E-state index contributed by atoms with van der Waals surface area (Å²) >= 11 is 11.0. The molecule has 0 heterocycles. The van der Waals surface area contributed by atoms with Gasteiger partial charge in [0.1, 0.15) is 4.90 Å². The van der Waals surface area contributed by atoms with Crippen molar-refractivity contribution >= 4 is 40.9 Å². The van der Waals surface area contributed by atoms with Gasteiger partial charge < -0.3 is 0 Å². The number of hydrogen-bond donors (Lipinski definition) is 0. The van der Waals surface area contributed by atoms with Crippen molar-refractivity contribution in [2.24, 2.45) is 0 Å². The van der Waals surface area contributed by atoms with Gasteiger partial charge in [0, 0.05) is 7.93 Å². The molecular formula is C7H7Cl2O3PS. The summed E-state index contributed by atoms with van der Waals surface area (Å²) in [5.74, 6) is 0. The summed E-state index contributed by atoms with van der Waals surface area (Å²) in [6.07, 6.45) is -0.0326. The lowest BCUT2D eigenvalue weighted by atomic mass is 10.4. The fourth-order valence-corrected chi connectivity index (χ4v) is 3.11. The van der Waals surface area contributed by atoms with Crippen LogP contribution in [0.25, 0.3) is 0 Å². The molecule has 1 unspecified atom stereocenters. The zero-order chi connectivity index (χ0) is 10.6. The molecule has 0 aromatic heterocycles. The lowest BCUT2D eigenvalue weighted by molar-refractivity contribution is 0.380. The first-order valence-electron chi connectivity index (χ1n) is 3.55. The van der Waals surface area contributed by atoms with Crippen LogP contribution in [-0.4, -0.2) is 14.8 Å². The number of rotatable bonds is 4. The Labute approximate surface area is 94.1 Å². The molecule has 0 N–H and O–H groups in total. The molecule has 7 heteroatoms. The highest BCUT2D eigenvalue weighted by Gasteiger charge is 2.17. The van der Waals surface area contributed by atoms with Crippen molar-refractivity contribution in [1.82, 2.24) is 0 Å². The fraction of sp³-hybridized carbons (Fsp3) is 0.143. The number of halogens is 2. The van der Waals surface area contributed by atoms with Crippen molar-refractivity contribution in [1.29, 1.82) is 0 Å². The summed E-state index contributed by atoms with van der Waals surface area (Å²) in [6, 6.07) is 6.09. The van der Waals surface area contributed by atoms with Crippen molar-refractivity contribution in [3.05, 3.63) is 29.3 Å². The number of benzene rings is 1. The van der Waals surface area contributed by atoms with Crippen LogP contribution in [0.3, 0.4) is 0 Å². The maximum atomic E-state index is 11.5. The van der Waals surface area contributed by atoms with Gasteiger partial charge in [0.25, 0.3) is 10.1 Å². The van der Waals surface area contributed by atoms with E-state index in [-0.39, 0.29) is 24.2 Å². The van der Waals surface area contributed by atoms with Gasteiger partial charge in [-0.05, 0) is 12.1 Å². The van der Waals surface area contributed by atoms with Gasteiger partial charge in [-0.15, -0.1) is 0 Å². The zero-order valence-corrected chi connectivity index (χ0v) is 10.2. The first kappa shape index (κ1) is 12.2. The van der Waals surface area contributed by atoms with Gasteiger partial charge >= 0.3 is 0 Å². The van der Waals surface area contributed by atoms with Crippen LogP contribution in [0, 0.1) is 0 Å². The van der Waals surface area contributed by atoms with E-state index in [0.29, 0.717) is 0 Å². The highest BCUT2D eigenvalue weighted by Crippen LogP contribution is 2.25. The average molecular weight is 273 g/mol. The summed E-state index contributed by atoms with van der Waals surface area (Å²) < 4.78 is 27.5. The summed E-state index contributed by atoms with van der Waals surface area (Å²) in [5.41, 5.74) is 0. The monoisotopic (exact) mass is 272 g/mol. The molecular weight excluding hydrogens is 266 g/mol. The molecule has 0 aliphatic heterocycles. The van der Waals surface area contributed by atoms with Gasteiger partial charge in [-0.3, -0.25) is 4.18 Å². The quantitative estimate of drug-likeness (QED) is 0.625. The molecule has 0 saturated heterocycles. The standard InChI is InChI=1S/C7H7Cl2O3PS/c8-6-3-1-2-4-7(6)14(10,11)12-5-13-9/h1-4,13H,5H2. The molecule has 0 aliphatic carbocycles. The van der Waals surface area contributed by atoms with E-state index < -0.39 is 10.1 Å². The molecule has 0 radical (unpaired) electrons. The lowest BCUT2D eigenvalue weighted by Gasteiger charge is -2.04. The van der Waals surface area contributed by atoms with E-state index in [2.05, 4.69) is 4.18 Å². The highest BCUT2D eigenvalue weighted by molar-refractivity contribution is 7.87. The molecule has 3 nitrogen and oxygen atoms in total. The largest absolute Gasteiger partial charge is 0.298 e. The molecule has 0 fully saturated rings. The van der Waals surface area contributed by atoms with E-state index in [1.165, 1.54) is 12.1 Å². The first-order chi connectivity index (χ1) is 6.58. The second-order valence-electron chi connectivity index (χ2n) is 2.28. The van der Waals surface area contributed by atoms with Gasteiger partial charge in [0.05, 0.1) is 11.4 Å². The molecule has 1 aromatic carbocycles. The molecule has 1 rings (SSSR count). The maximum Gasteiger partial charge on any atom is 0.298 e. The zero-order valence-electron chi connectivity index (χ0n) is 6.91. The molecule has 1 aromatic rings. The van der Waals surface area contributed by atoms with Crippen LogP contribution < -0.4 is 0 Å². The van der Waals surface area contributed by atoms with Crippen LogP contribution in [0.5, 0.6) is 0 Å². The van der Waals surface area contributed by atoms with E-state index in [1.807, 2.05) is 0 Å². The average Bonchev–Trinajstić information content (AvgIpc) is 2.15. The SMILES string of the molecule is O=S(=O)(OCPCl)c1ccccc1Cl. The van der Waals surface area contributed by atoms with E-state index in [9.17, 15) is 8.42 Å². The summed E-state index contributed by atoms with van der Waals surface area (Å²) in [6.45, 7) is 0. The van der Waals surface area contributed by atoms with Crippen LogP contribution >= 0.6 is 30.8 Å². The smallest absolute Gasteiger partial charge is 0.261 e. The van der Waals surface area contributed by atoms with Crippen molar-refractivity contribution in [2.75, 3.05) is 6.35 Å². The Morgan fingerprint density at radius 1 is 1.36 bits per heavy atom. The van der Waals surface area contributed by atoms with Gasteiger partial charge in [-0.1, -0.05) is 35.0 Å². The third-order valence-electron chi connectivity index (χ3n) is 1.37. The normalized spacial score (nSPS) is 12.4. The molecule has 14 heavy (non-hydrogen) atoms. The van der Waals surface area contributed by atoms with Crippen molar-refractivity contribution in [3.8, 4) is 0 Å². The van der Waals surface area contributed by atoms with Crippen LogP contribution in [-0.2, 0) is 14.3 Å². The second kappa shape index (κ2) is 5.29. The Hall–Kier alpha value is 0.140. The fourth-order valence-electron chi connectivity index (χ4n) is 0.811. The summed E-state index contributed by atoms with van der Waals surface area (Å²) in [4.78, 5) is -0.0309. The van der Waals surface area contributed by atoms with Crippen LogP contribution in [0.2, 0.25) is 5.02 Å². The van der Waals surface area contributed by atoms with Crippen LogP contribution in [0.1, 0.15) is 0 Å². The Kier molecular flexibility index (Phi) is 4.61. The Bertz CT molecular complexity index is 407. The minimum absolute atomic E-state index is 0.0309. The van der Waals surface area contributed by atoms with E-state index in [4.69, 9.17) is 22.8 Å². The van der Waals surface area contributed by atoms with Crippen LogP contribution in [0.4, 0.5) is 0 Å². The molecule has 0 aliphatic rings. The molecule has 0 amide bonds. The third-order valence-corrected chi connectivity index (χ3v) is 3.93. The summed E-state index contributed by atoms with van der Waals surface area (Å²) in [5, 5.41) is 0.144. The summed E-state index contributed by atoms with van der Waals surface area (Å²) in [7, 11) is -3.86. The van der Waals surface area contributed by atoms with Crippen molar-refractivity contribution in [2.45, 2.75) is 4.90 Å². The maximum absolute atomic E-state index is 11.5. The van der Waals surface area contributed by atoms with Crippen molar-refractivity contribution in [3.63, 3.8) is 0 Å². The van der Waals surface area contributed by atoms with E-state index in [0.717, 1.165) is 0 Å². The van der Waals surface area contributed by atoms with Crippen molar-refractivity contribution < 1.29 is 12.6 Å². The molecule has 78 valence electrons. The molecule has 0 spiro atoms. The minimum Gasteiger partial charge on any atom is -0.261 e. The molecule has 1 atom stereocenters. The Morgan fingerprint density at radius 2 is 2.00 bits per heavy atom. The number of hydrogen-bond acceptors (Lipinski definition) is 3. The Balaban J connectivity index is 2.99. The van der Waals surface area contributed by atoms with Gasteiger partial charge in [-0.25, -0.2) is 0 Å². The van der Waals surface area contributed by atoms with Gasteiger partial charge in [-0.2, -0.15) is 8.42 Å². The predicted molar refractivity (Wildman–Crippen MR) is 58.8 cm³/mol. The predicted octanol–water partition coefficient (Wildman–Crippen LogP) is 2.84. The van der Waals surface area contributed by atoms with Gasteiger partial charge in [0.15, 0.2) is 0 Å². The highest BCUT2D eigenvalue weighted by atomic mass is 35.7. The minimum atomic E-state index is -3.76. The second-order valence-corrected chi connectivity index (χ2v) is 5.63. The third kappa shape index (κ3) is 3.07. The Morgan fingerprint density at radius 3 is 2.57 bits per heavy atom. The van der Waals surface area contributed by atoms with E-state index >= 15 is 0 Å². The first-order valence-corrected chi connectivity index (χ1v) is 7.56. The van der Waals surface area contributed by atoms with Gasteiger partial charge in [0.2, 0.25) is 0 Å². The van der Waals surface area contributed by atoms with E-state index in [1.54, 1.807) is 12.1 Å². The topological polar surface area (TPSA) is 43.4 Å². The van der Waals surface area contributed by atoms with Crippen LogP contribution in [0.15, 0.2) is 29.2 Å². The molecule has 0 bridgehead atoms. The lowest BCUT2D eigenvalue weighted by Crippen LogP contribution is -2.05.